The molecule has 6 heteroatoms. The van der Waals surface area contributed by atoms with Crippen molar-refractivity contribution in [1.82, 2.24) is 10.2 Å². The van der Waals surface area contributed by atoms with E-state index in [1.807, 2.05) is 25.7 Å². The van der Waals surface area contributed by atoms with E-state index in [1.165, 1.54) is 0 Å². The maximum atomic E-state index is 12.0. The fourth-order valence-corrected chi connectivity index (χ4v) is 2.27. The molecule has 0 aromatic rings. The van der Waals surface area contributed by atoms with Gasteiger partial charge in [-0.1, -0.05) is 0 Å². The van der Waals surface area contributed by atoms with E-state index < -0.39 is 11.7 Å². The van der Waals surface area contributed by atoms with Crippen molar-refractivity contribution in [2.24, 2.45) is 0 Å². The first kappa shape index (κ1) is 15.1. The molecule has 1 N–H and O–H groups in total. The predicted molar refractivity (Wildman–Crippen MR) is 73.3 cm³/mol. The number of amides is 2. The SMILES string of the molecule is CC(C)(C)OC(=O)N[C@H]1CC[C@@H](C(=O)N2CCC2)OC1. The van der Waals surface area contributed by atoms with Crippen LogP contribution in [0.1, 0.15) is 40.0 Å². The van der Waals surface area contributed by atoms with Gasteiger partial charge < -0.3 is 19.7 Å². The number of carbonyl (C=O) groups is 2. The second kappa shape index (κ2) is 5.99. The van der Waals surface area contributed by atoms with E-state index in [2.05, 4.69) is 5.32 Å². The summed E-state index contributed by atoms with van der Waals surface area (Å²) >= 11 is 0. The third-order valence-corrected chi connectivity index (χ3v) is 3.44. The van der Waals surface area contributed by atoms with Gasteiger partial charge in [-0.2, -0.15) is 0 Å². The van der Waals surface area contributed by atoms with Crippen LogP contribution in [0.3, 0.4) is 0 Å². The highest BCUT2D eigenvalue weighted by atomic mass is 16.6. The van der Waals surface area contributed by atoms with E-state index in [1.54, 1.807) is 0 Å². The Kier molecular flexibility index (Phi) is 4.52. The highest BCUT2D eigenvalue weighted by Crippen LogP contribution is 2.19. The van der Waals surface area contributed by atoms with Crippen LogP contribution in [-0.2, 0) is 14.3 Å². The summed E-state index contributed by atoms with van der Waals surface area (Å²) in [5.74, 6) is 0.0898. The van der Waals surface area contributed by atoms with E-state index in [-0.39, 0.29) is 18.1 Å². The molecule has 0 bridgehead atoms. The lowest BCUT2D eigenvalue weighted by Crippen LogP contribution is -2.52. The van der Waals surface area contributed by atoms with Crippen LogP contribution in [0.5, 0.6) is 0 Å². The third kappa shape index (κ3) is 4.10. The maximum Gasteiger partial charge on any atom is 0.407 e. The number of rotatable bonds is 2. The fourth-order valence-electron chi connectivity index (χ4n) is 2.27. The molecular formula is C14H24N2O4. The first-order chi connectivity index (χ1) is 9.35. The van der Waals surface area contributed by atoms with Gasteiger partial charge in [0.05, 0.1) is 12.6 Å². The van der Waals surface area contributed by atoms with Gasteiger partial charge in [0.25, 0.3) is 5.91 Å². The maximum absolute atomic E-state index is 12.0. The van der Waals surface area contributed by atoms with Gasteiger partial charge in [0.15, 0.2) is 0 Å². The molecule has 2 rings (SSSR count). The lowest BCUT2D eigenvalue weighted by atomic mass is 10.0. The molecule has 0 aromatic carbocycles. The number of nitrogens with one attached hydrogen (secondary N) is 1. The van der Waals surface area contributed by atoms with Crippen LogP contribution in [-0.4, -0.2) is 54.3 Å². The zero-order chi connectivity index (χ0) is 14.8. The Hall–Kier alpha value is -1.30. The molecule has 0 saturated carbocycles. The normalized spacial score (nSPS) is 26.6. The third-order valence-electron chi connectivity index (χ3n) is 3.44. The minimum Gasteiger partial charge on any atom is -0.444 e. The topological polar surface area (TPSA) is 67.9 Å². The van der Waals surface area contributed by atoms with E-state index >= 15 is 0 Å². The molecule has 2 atom stereocenters. The van der Waals surface area contributed by atoms with Crippen molar-refractivity contribution in [3.8, 4) is 0 Å². The summed E-state index contributed by atoms with van der Waals surface area (Å²) in [6.45, 7) is 7.53. The Morgan fingerprint density at radius 3 is 2.40 bits per heavy atom. The zero-order valence-electron chi connectivity index (χ0n) is 12.5. The van der Waals surface area contributed by atoms with Gasteiger partial charge in [-0.25, -0.2) is 4.79 Å². The van der Waals surface area contributed by atoms with Gasteiger partial charge in [0, 0.05) is 13.1 Å². The molecule has 6 nitrogen and oxygen atoms in total. The number of alkyl carbamates (subject to hydrolysis) is 1. The summed E-state index contributed by atoms with van der Waals surface area (Å²) in [5, 5.41) is 2.78. The summed E-state index contributed by atoms with van der Waals surface area (Å²) in [7, 11) is 0. The number of nitrogens with zero attached hydrogens (tertiary/aromatic N) is 1. The van der Waals surface area contributed by atoms with Crippen molar-refractivity contribution >= 4 is 12.0 Å². The molecule has 0 radical (unpaired) electrons. The number of ether oxygens (including phenoxy) is 2. The number of likely N-dealkylation sites (tertiary alicyclic amines) is 1. The van der Waals surface area contributed by atoms with Crippen LogP contribution in [0.25, 0.3) is 0 Å². The number of carbonyl (C=O) groups excluding carboxylic acids is 2. The fraction of sp³-hybridized carbons (Fsp3) is 0.857. The molecular weight excluding hydrogens is 260 g/mol. The zero-order valence-corrected chi connectivity index (χ0v) is 12.5. The molecule has 20 heavy (non-hydrogen) atoms. The average Bonchev–Trinajstić information content (AvgIpc) is 2.24. The highest BCUT2D eigenvalue weighted by molar-refractivity contribution is 5.81. The number of hydrogen-bond acceptors (Lipinski definition) is 4. The van der Waals surface area contributed by atoms with Gasteiger partial charge >= 0.3 is 6.09 Å². The van der Waals surface area contributed by atoms with Crippen LogP contribution < -0.4 is 5.32 Å². The average molecular weight is 284 g/mol. The summed E-state index contributed by atoms with van der Waals surface area (Å²) < 4.78 is 10.8. The quantitative estimate of drug-likeness (QED) is 0.829. The van der Waals surface area contributed by atoms with E-state index in [9.17, 15) is 9.59 Å². The predicted octanol–water partition coefficient (Wildman–Crippen LogP) is 1.29. The Labute approximate surface area is 119 Å². The van der Waals surface area contributed by atoms with E-state index in [4.69, 9.17) is 9.47 Å². The largest absolute Gasteiger partial charge is 0.444 e. The molecule has 2 heterocycles. The Morgan fingerprint density at radius 1 is 1.25 bits per heavy atom. The van der Waals surface area contributed by atoms with Crippen LogP contribution in [0.4, 0.5) is 4.79 Å². The minimum atomic E-state index is -0.504. The molecule has 0 aromatic heterocycles. The summed E-state index contributed by atoms with van der Waals surface area (Å²) in [6.07, 6.45) is 1.70. The first-order valence-corrected chi connectivity index (χ1v) is 7.25. The first-order valence-electron chi connectivity index (χ1n) is 7.25. The van der Waals surface area contributed by atoms with Gasteiger partial charge in [-0.05, 0) is 40.0 Å². The molecule has 0 spiro atoms. The van der Waals surface area contributed by atoms with Crippen molar-refractivity contribution in [3.05, 3.63) is 0 Å². The van der Waals surface area contributed by atoms with Crippen molar-refractivity contribution in [2.45, 2.75) is 57.8 Å². The molecule has 2 aliphatic rings. The molecule has 2 saturated heterocycles. The molecule has 2 aliphatic heterocycles. The summed E-state index contributed by atoms with van der Waals surface area (Å²) in [6, 6.07) is -0.0784. The van der Waals surface area contributed by atoms with Crippen molar-refractivity contribution < 1.29 is 19.1 Å². The lowest BCUT2D eigenvalue weighted by Gasteiger charge is -2.36. The monoisotopic (exact) mass is 284 g/mol. The smallest absolute Gasteiger partial charge is 0.407 e. The van der Waals surface area contributed by atoms with Gasteiger partial charge in [0.1, 0.15) is 11.7 Å². The molecule has 2 amide bonds. The summed E-state index contributed by atoms with van der Waals surface area (Å²) in [4.78, 5) is 25.5. The Morgan fingerprint density at radius 2 is 1.95 bits per heavy atom. The second-order valence-corrected chi connectivity index (χ2v) is 6.42. The van der Waals surface area contributed by atoms with E-state index in [0.29, 0.717) is 13.0 Å². The van der Waals surface area contributed by atoms with Crippen molar-refractivity contribution in [3.63, 3.8) is 0 Å². The Balaban J connectivity index is 1.71. The minimum absolute atomic E-state index is 0.0784. The Bertz CT molecular complexity index is 366. The van der Waals surface area contributed by atoms with Crippen LogP contribution in [0.15, 0.2) is 0 Å². The standard InChI is InChI=1S/C14H24N2O4/c1-14(2,3)20-13(18)15-10-5-6-11(19-9-10)12(17)16-7-4-8-16/h10-11H,4-9H2,1-3H3,(H,15,18)/t10-,11-/m0/s1. The number of hydrogen-bond donors (Lipinski definition) is 1. The molecule has 0 aliphatic carbocycles. The van der Waals surface area contributed by atoms with Gasteiger partial charge in [-0.3, -0.25) is 4.79 Å². The van der Waals surface area contributed by atoms with Crippen molar-refractivity contribution in [1.29, 1.82) is 0 Å². The molecule has 2 fully saturated rings. The van der Waals surface area contributed by atoms with Gasteiger partial charge in [0.2, 0.25) is 0 Å². The second-order valence-electron chi connectivity index (χ2n) is 6.42. The molecule has 114 valence electrons. The van der Waals surface area contributed by atoms with E-state index in [0.717, 1.165) is 25.9 Å². The molecule has 0 unspecified atom stereocenters. The highest BCUT2D eigenvalue weighted by Gasteiger charge is 2.33. The lowest BCUT2D eigenvalue weighted by molar-refractivity contribution is -0.150. The van der Waals surface area contributed by atoms with Crippen LogP contribution in [0.2, 0.25) is 0 Å². The van der Waals surface area contributed by atoms with Crippen LogP contribution >= 0.6 is 0 Å². The summed E-state index contributed by atoms with van der Waals surface area (Å²) in [5.41, 5.74) is -0.504. The van der Waals surface area contributed by atoms with Crippen molar-refractivity contribution in [2.75, 3.05) is 19.7 Å². The van der Waals surface area contributed by atoms with Gasteiger partial charge in [-0.15, -0.1) is 0 Å². The van der Waals surface area contributed by atoms with Crippen LogP contribution in [0, 0.1) is 0 Å².